The van der Waals surface area contributed by atoms with Gasteiger partial charge in [0, 0.05) is 26.1 Å². The molecule has 1 heterocycles. The van der Waals surface area contributed by atoms with Crippen LogP contribution in [0.5, 0.6) is 0 Å². The summed E-state index contributed by atoms with van der Waals surface area (Å²) in [6, 6.07) is 0. The highest BCUT2D eigenvalue weighted by Gasteiger charge is 2.23. The smallest absolute Gasteiger partial charge is 0.224 e. The minimum absolute atomic E-state index is 0.00884. The van der Waals surface area contributed by atoms with E-state index in [9.17, 15) is 9.59 Å². The van der Waals surface area contributed by atoms with E-state index in [-0.39, 0.29) is 17.7 Å². The molecule has 0 aromatic heterocycles. The van der Waals surface area contributed by atoms with E-state index in [0.717, 1.165) is 0 Å². The van der Waals surface area contributed by atoms with E-state index < -0.39 is 0 Å². The summed E-state index contributed by atoms with van der Waals surface area (Å²) < 4.78 is 0. The van der Waals surface area contributed by atoms with Crippen LogP contribution in [0.25, 0.3) is 0 Å². The number of hydrogen-bond donors (Lipinski definition) is 3. The molecule has 5 nitrogen and oxygen atoms in total. The number of amides is 2. The van der Waals surface area contributed by atoms with Crippen LogP contribution in [0.2, 0.25) is 0 Å². The van der Waals surface area contributed by atoms with Crippen LogP contribution in [-0.2, 0) is 9.59 Å². The van der Waals surface area contributed by atoms with Crippen LogP contribution in [0.3, 0.4) is 0 Å². The van der Waals surface area contributed by atoms with Gasteiger partial charge in [0.05, 0.1) is 5.92 Å². The molecule has 1 atom stereocenters. The second-order valence-corrected chi connectivity index (χ2v) is 3.12. The first-order valence-electron chi connectivity index (χ1n) is 4.48. The van der Waals surface area contributed by atoms with E-state index in [1.165, 1.54) is 0 Å². The van der Waals surface area contributed by atoms with Crippen LogP contribution in [0.15, 0.2) is 0 Å². The maximum atomic E-state index is 11.3. The van der Waals surface area contributed by atoms with Gasteiger partial charge in [-0.1, -0.05) is 0 Å². The van der Waals surface area contributed by atoms with Gasteiger partial charge >= 0.3 is 0 Å². The summed E-state index contributed by atoms with van der Waals surface area (Å²) in [5.74, 6) is -0.0578. The number of nitrogens with two attached hydrogens (primary N) is 1. The average Bonchev–Trinajstić information content (AvgIpc) is 2.15. The molecule has 0 aromatic carbocycles. The monoisotopic (exact) mass is 185 g/mol. The molecule has 1 aliphatic rings. The Kier molecular flexibility index (Phi) is 3.70. The van der Waals surface area contributed by atoms with E-state index >= 15 is 0 Å². The molecule has 0 radical (unpaired) electrons. The van der Waals surface area contributed by atoms with E-state index in [4.69, 9.17) is 5.73 Å². The minimum atomic E-state index is -0.0794. The normalized spacial score (nSPS) is 22.2. The van der Waals surface area contributed by atoms with Crippen molar-refractivity contribution in [1.82, 2.24) is 10.6 Å². The van der Waals surface area contributed by atoms with Crippen molar-refractivity contribution in [2.75, 3.05) is 19.6 Å². The van der Waals surface area contributed by atoms with Crippen molar-refractivity contribution < 1.29 is 9.59 Å². The Morgan fingerprint density at radius 3 is 3.00 bits per heavy atom. The third-order valence-electron chi connectivity index (χ3n) is 2.08. The molecule has 1 aliphatic heterocycles. The van der Waals surface area contributed by atoms with Crippen molar-refractivity contribution >= 4 is 11.8 Å². The van der Waals surface area contributed by atoms with Crippen molar-refractivity contribution in [3.8, 4) is 0 Å². The third-order valence-corrected chi connectivity index (χ3v) is 2.08. The zero-order chi connectivity index (χ0) is 9.68. The zero-order valence-corrected chi connectivity index (χ0v) is 7.51. The van der Waals surface area contributed by atoms with Crippen LogP contribution in [-0.4, -0.2) is 31.4 Å². The maximum absolute atomic E-state index is 11.3. The molecule has 0 saturated carbocycles. The highest BCUT2D eigenvalue weighted by atomic mass is 16.2. The Labute approximate surface area is 77.1 Å². The van der Waals surface area contributed by atoms with Crippen molar-refractivity contribution in [1.29, 1.82) is 0 Å². The molecule has 5 heteroatoms. The van der Waals surface area contributed by atoms with E-state index in [0.29, 0.717) is 32.5 Å². The number of hydrogen-bond acceptors (Lipinski definition) is 3. The van der Waals surface area contributed by atoms with Crippen LogP contribution < -0.4 is 16.4 Å². The lowest BCUT2D eigenvalue weighted by molar-refractivity contribution is -0.128. The Hall–Kier alpha value is -1.10. The maximum Gasteiger partial charge on any atom is 0.224 e. The first-order chi connectivity index (χ1) is 6.24. The predicted octanol–water partition coefficient (Wildman–Crippen LogP) is -1.41. The van der Waals surface area contributed by atoms with Crippen LogP contribution >= 0.6 is 0 Å². The Balaban J connectivity index is 2.27. The van der Waals surface area contributed by atoms with Gasteiger partial charge in [-0.25, -0.2) is 0 Å². The molecule has 1 saturated heterocycles. The van der Waals surface area contributed by atoms with Gasteiger partial charge in [-0.05, 0) is 6.42 Å². The largest absolute Gasteiger partial charge is 0.355 e. The lowest BCUT2D eigenvalue weighted by Crippen LogP contribution is -2.43. The van der Waals surface area contributed by atoms with Crippen molar-refractivity contribution in [2.24, 2.45) is 11.7 Å². The molecule has 13 heavy (non-hydrogen) atoms. The van der Waals surface area contributed by atoms with E-state index in [2.05, 4.69) is 10.6 Å². The number of nitrogens with one attached hydrogen (secondary N) is 2. The van der Waals surface area contributed by atoms with E-state index in [1.54, 1.807) is 0 Å². The molecule has 0 bridgehead atoms. The fourth-order valence-corrected chi connectivity index (χ4v) is 1.30. The molecule has 0 aromatic rings. The molecule has 74 valence electrons. The van der Waals surface area contributed by atoms with Gasteiger partial charge in [-0.15, -0.1) is 0 Å². The number of piperidine rings is 1. The molecule has 1 fully saturated rings. The van der Waals surface area contributed by atoms with Crippen LogP contribution in [0.1, 0.15) is 12.8 Å². The summed E-state index contributed by atoms with van der Waals surface area (Å²) in [6.07, 6.45) is 1.09. The fraction of sp³-hybridized carbons (Fsp3) is 0.750. The van der Waals surface area contributed by atoms with Gasteiger partial charge in [-0.3, -0.25) is 9.59 Å². The standard InChI is InChI=1S/C8H15N3O2/c9-3-4-10-8(13)6-1-2-7(12)11-5-6/h6H,1-5,9H2,(H,10,13)(H,11,12). The van der Waals surface area contributed by atoms with Crippen LogP contribution in [0.4, 0.5) is 0 Å². The van der Waals surface area contributed by atoms with Gasteiger partial charge < -0.3 is 16.4 Å². The SMILES string of the molecule is NCCNC(=O)C1CCC(=O)NC1. The van der Waals surface area contributed by atoms with Gasteiger partial charge in [0.2, 0.25) is 11.8 Å². The van der Waals surface area contributed by atoms with Crippen molar-refractivity contribution in [2.45, 2.75) is 12.8 Å². The third kappa shape index (κ3) is 3.02. The Morgan fingerprint density at radius 2 is 2.46 bits per heavy atom. The first kappa shape index (κ1) is 9.98. The lowest BCUT2D eigenvalue weighted by Gasteiger charge is -2.21. The number of rotatable bonds is 3. The summed E-state index contributed by atoms with van der Waals surface area (Å²) in [5.41, 5.74) is 5.24. The summed E-state index contributed by atoms with van der Waals surface area (Å²) in [5, 5.41) is 5.36. The minimum Gasteiger partial charge on any atom is -0.355 e. The molecular formula is C8H15N3O2. The molecule has 2 amide bonds. The van der Waals surface area contributed by atoms with E-state index in [1.807, 2.05) is 0 Å². The van der Waals surface area contributed by atoms with Crippen LogP contribution in [0, 0.1) is 5.92 Å². The highest BCUT2D eigenvalue weighted by Crippen LogP contribution is 2.10. The molecule has 4 N–H and O–H groups in total. The second-order valence-electron chi connectivity index (χ2n) is 3.12. The Bertz CT molecular complexity index is 196. The Morgan fingerprint density at radius 1 is 1.69 bits per heavy atom. The zero-order valence-electron chi connectivity index (χ0n) is 7.51. The number of carbonyl (C=O) groups excluding carboxylic acids is 2. The summed E-state index contributed by atoms with van der Waals surface area (Å²) >= 11 is 0. The van der Waals surface area contributed by atoms with Gasteiger partial charge in [0.1, 0.15) is 0 Å². The topological polar surface area (TPSA) is 84.2 Å². The quantitative estimate of drug-likeness (QED) is 0.505. The van der Waals surface area contributed by atoms with Crippen molar-refractivity contribution in [3.05, 3.63) is 0 Å². The summed E-state index contributed by atoms with van der Waals surface area (Å²) in [4.78, 5) is 22.1. The van der Waals surface area contributed by atoms with Gasteiger partial charge in [-0.2, -0.15) is 0 Å². The first-order valence-corrected chi connectivity index (χ1v) is 4.48. The number of carbonyl (C=O) groups is 2. The predicted molar refractivity (Wildman–Crippen MR) is 47.8 cm³/mol. The average molecular weight is 185 g/mol. The summed E-state index contributed by atoms with van der Waals surface area (Å²) in [6.45, 7) is 1.41. The molecule has 1 rings (SSSR count). The molecule has 1 unspecified atom stereocenters. The molecule has 0 spiro atoms. The highest BCUT2D eigenvalue weighted by molar-refractivity contribution is 5.83. The lowest BCUT2D eigenvalue weighted by atomic mass is 9.98. The molecular weight excluding hydrogens is 170 g/mol. The van der Waals surface area contributed by atoms with Gasteiger partial charge in [0.25, 0.3) is 0 Å². The summed E-state index contributed by atoms with van der Waals surface area (Å²) in [7, 11) is 0. The van der Waals surface area contributed by atoms with Crippen molar-refractivity contribution in [3.63, 3.8) is 0 Å². The molecule has 0 aliphatic carbocycles. The van der Waals surface area contributed by atoms with Gasteiger partial charge in [0.15, 0.2) is 0 Å². The fourth-order valence-electron chi connectivity index (χ4n) is 1.30. The second kappa shape index (κ2) is 4.81.